The van der Waals surface area contributed by atoms with Crippen LogP contribution >= 0.6 is 11.3 Å². The number of thiazole rings is 1. The first-order valence-corrected chi connectivity index (χ1v) is 8.00. The standard InChI is InChI=1S/C9H16N4O3S2/c1-6(10)9-13-7(5-17-9)8(14)11-3-4-12-18(2,15)16/h5-6,12H,3-4,10H2,1-2H3,(H,11,14). The molecule has 0 spiro atoms. The van der Waals surface area contributed by atoms with Crippen LogP contribution in [-0.2, 0) is 10.0 Å². The summed E-state index contributed by atoms with van der Waals surface area (Å²) in [6.07, 6.45) is 1.06. The van der Waals surface area contributed by atoms with Crippen LogP contribution in [0, 0.1) is 0 Å². The van der Waals surface area contributed by atoms with E-state index in [1.165, 1.54) is 11.3 Å². The molecule has 0 fully saturated rings. The van der Waals surface area contributed by atoms with Crippen LogP contribution in [0.3, 0.4) is 0 Å². The summed E-state index contributed by atoms with van der Waals surface area (Å²) >= 11 is 1.32. The highest BCUT2D eigenvalue weighted by Gasteiger charge is 2.12. The molecular weight excluding hydrogens is 276 g/mol. The molecule has 1 atom stereocenters. The Morgan fingerprint density at radius 3 is 2.72 bits per heavy atom. The van der Waals surface area contributed by atoms with Gasteiger partial charge in [0.25, 0.3) is 5.91 Å². The van der Waals surface area contributed by atoms with E-state index in [0.29, 0.717) is 10.7 Å². The second-order valence-electron chi connectivity index (χ2n) is 3.78. The number of sulfonamides is 1. The van der Waals surface area contributed by atoms with Crippen molar-refractivity contribution in [2.24, 2.45) is 5.73 Å². The minimum Gasteiger partial charge on any atom is -0.349 e. The van der Waals surface area contributed by atoms with Crippen molar-refractivity contribution in [3.8, 4) is 0 Å². The minimum absolute atomic E-state index is 0.148. The fourth-order valence-corrected chi connectivity index (χ4v) is 2.33. The van der Waals surface area contributed by atoms with Crippen LogP contribution in [0.1, 0.15) is 28.5 Å². The summed E-state index contributed by atoms with van der Waals surface area (Å²) in [7, 11) is -3.23. The fraction of sp³-hybridized carbons (Fsp3) is 0.556. The van der Waals surface area contributed by atoms with Crippen molar-refractivity contribution < 1.29 is 13.2 Å². The van der Waals surface area contributed by atoms with Gasteiger partial charge in [0.2, 0.25) is 10.0 Å². The third-order valence-electron chi connectivity index (χ3n) is 1.92. The highest BCUT2D eigenvalue weighted by atomic mass is 32.2. The average molecular weight is 292 g/mol. The van der Waals surface area contributed by atoms with E-state index in [9.17, 15) is 13.2 Å². The summed E-state index contributed by atoms with van der Waals surface area (Å²) in [5.41, 5.74) is 5.93. The van der Waals surface area contributed by atoms with Gasteiger partial charge in [-0.2, -0.15) is 0 Å². The lowest BCUT2D eigenvalue weighted by Crippen LogP contribution is -2.34. The number of nitrogens with zero attached hydrogens (tertiary/aromatic N) is 1. The van der Waals surface area contributed by atoms with Gasteiger partial charge in [-0.15, -0.1) is 11.3 Å². The molecule has 18 heavy (non-hydrogen) atoms. The Morgan fingerprint density at radius 1 is 1.56 bits per heavy atom. The molecule has 1 rings (SSSR count). The molecule has 0 aliphatic rings. The zero-order chi connectivity index (χ0) is 13.8. The summed E-state index contributed by atoms with van der Waals surface area (Å²) in [4.78, 5) is 15.7. The van der Waals surface area contributed by atoms with Crippen molar-refractivity contribution in [3.05, 3.63) is 16.1 Å². The van der Waals surface area contributed by atoms with E-state index in [-0.39, 0.29) is 25.0 Å². The molecule has 4 N–H and O–H groups in total. The van der Waals surface area contributed by atoms with Gasteiger partial charge < -0.3 is 11.1 Å². The largest absolute Gasteiger partial charge is 0.349 e. The Hall–Kier alpha value is -1.03. The normalized spacial score (nSPS) is 13.3. The van der Waals surface area contributed by atoms with Crippen LogP contribution in [-0.4, -0.2) is 38.7 Å². The van der Waals surface area contributed by atoms with Crippen LogP contribution in [0.2, 0.25) is 0 Å². The van der Waals surface area contributed by atoms with E-state index < -0.39 is 10.0 Å². The molecule has 1 aromatic rings. The van der Waals surface area contributed by atoms with Crippen molar-refractivity contribution in [2.45, 2.75) is 13.0 Å². The Kier molecular flexibility index (Phi) is 5.20. The molecule has 0 aliphatic carbocycles. The van der Waals surface area contributed by atoms with Gasteiger partial charge in [-0.1, -0.05) is 0 Å². The number of nitrogens with one attached hydrogen (secondary N) is 2. The maximum atomic E-state index is 11.6. The smallest absolute Gasteiger partial charge is 0.270 e. The van der Waals surface area contributed by atoms with E-state index in [4.69, 9.17) is 5.73 Å². The predicted octanol–water partition coefficient (Wildman–Crippen LogP) is -0.558. The Bertz CT molecular complexity index is 510. The highest BCUT2D eigenvalue weighted by Crippen LogP contribution is 2.15. The van der Waals surface area contributed by atoms with Gasteiger partial charge in [0, 0.05) is 18.5 Å². The van der Waals surface area contributed by atoms with Gasteiger partial charge in [-0.3, -0.25) is 4.79 Å². The molecule has 0 bridgehead atoms. The Balaban J connectivity index is 2.41. The van der Waals surface area contributed by atoms with Crippen molar-refractivity contribution in [2.75, 3.05) is 19.3 Å². The predicted molar refractivity (Wildman–Crippen MR) is 69.9 cm³/mol. The lowest BCUT2D eigenvalue weighted by molar-refractivity contribution is 0.0950. The molecule has 1 unspecified atom stereocenters. The molecule has 1 amide bonds. The fourth-order valence-electron chi connectivity index (χ4n) is 1.10. The van der Waals surface area contributed by atoms with Crippen LogP contribution in [0.4, 0.5) is 0 Å². The van der Waals surface area contributed by atoms with Crippen LogP contribution in [0.5, 0.6) is 0 Å². The lowest BCUT2D eigenvalue weighted by Gasteiger charge is -2.03. The van der Waals surface area contributed by atoms with E-state index in [1.807, 2.05) is 0 Å². The summed E-state index contributed by atoms with van der Waals surface area (Å²) in [6, 6.07) is -0.205. The molecule has 9 heteroatoms. The third-order valence-corrected chi connectivity index (χ3v) is 3.69. The van der Waals surface area contributed by atoms with E-state index in [2.05, 4.69) is 15.0 Å². The van der Waals surface area contributed by atoms with Gasteiger partial charge >= 0.3 is 0 Å². The minimum atomic E-state index is -3.23. The van der Waals surface area contributed by atoms with Crippen LogP contribution < -0.4 is 15.8 Å². The number of carbonyl (C=O) groups is 1. The molecule has 0 saturated carbocycles. The van der Waals surface area contributed by atoms with E-state index >= 15 is 0 Å². The number of hydrogen-bond donors (Lipinski definition) is 3. The van der Waals surface area contributed by atoms with Crippen molar-refractivity contribution in [1.29, 1.82) is 0 Å². The number of amides is 1. The first kappa shape index (κ1) is 15.0. The molecule has 0 radical (unpaired) electrons. The van der Waals surface area contributed by atoms with Gasteiger partial charge in [-0.25, -0.2) is 18.1 Å². The molecule has 7 nitrogen and oxygen atoms in total. The van der Waals surface area contributed by atoms with Crippen LogP contribution in [0.15, 0.2) is 5.38 Å². The first-order chi connectivity index (χ1) is 8.29. The SMILES string of the molecule is CC(N)c1nc(C(=O)NCCNS(C)(=O)=O)cs1. The zero-order valence-corrected chi connectivity index (χ0v) is 11.8. The number of carbonyl (C=O) groups excluding carboxylic acids is 1. The molecule has 0 saturated heterocycles. The maximum Gasteiger partial charge on any atom is 0.270 e. The number of hydrogen-bond acceptors (Lipinski definition) is 6. The number of nitrogens with two attached hydrogens (primary N) is 1. The first-order valence-electron chi connectivity index (χ1n) is 5.23. The monoisotopic (exact) mass is 292 g/mol. The molecule has 1 aromatic heterocycles. The quantitative estimate of drug-likeness (QED) is 0.608. The lowest BCUT2D eigenvalue weighted by atomic mass is 10.4. The molecule has 1 heterocycles. The van der Waals surface area contributed by atoms with E-state index in [0.717, 1.165) is 6.26 Å². The van der Waals surface area contributed by atoms with Crippen molar-refractivity contribution in [1.82, 2.24) is 15.0 Å². The average Bonchev–Trinajstić information content (AvgIpc) is 2.72. The number of aromatic nitrogens is 1. The number of rotatable bonds is 6. The molecule has 102 valence electrons. The van der Waals surface area contributed by atoms with Gasteiger partial charge in [-0.05, 0) is 6.92 Å². The van der Waals surface area contributed by atoms with Crippen molar-refractivity contribution in [3.63, 3.8) is 0 Å². The maximum absolute atomic E-state index is 11.6. The topological polar surface area (TPSA) is 114 Å². The summed E-state index contributed by atoms with van der Waals surface area (Å²) < 4.78 is 23.8. The summed E-state index contributed by atoms with van der Waals surface area (Å²) in [6.45, 7) is 2.14. The third kappa shape index (κ3) is 5.08. The Morgan fingerprint density at radius 2 is 2.22 bits per heavy atom. The second-order valence-corrected chi connectivity index (χ2v) is 6.50. The van der Waals surface area contributed by atoms with Crippen LogP contribution in [0.25, 0.3) is 0 Å². The molecular formula is C9H16N4O3S2. The van der Waals surface area contributed by atoms with Gasteiger partial charge in [0.05, 0.1) is 12.3 Å². The van der Waals surface area contributed by atoms with Gasteiger partial charge in [0.15, 0.2) is 0 Å². The molecule has 0 aromatic carbocycles. The zero-order valence-electron chi connectivity index (χ0n) is 10.1. The highest BCUT2D eigenvalue weighted by molar-refractivity contribution is 7.88. The summed E-state index contributed by atoms with van der Waals surface area (Å²) in [5.74, 6) is -0.339. The second kappa shape index (κ2) is 6.23. The van der Waals surface area contributed by atoms with Crippen molar-refractivity contribution >= 4 is 27.3 Å². The van der Waals surface area contributed by atoms with Gasteiger partial charge in [0.1, 0.15) is 10.7 Å². The molecule has 0 aliphatic heterocycles. The summed E-state index contributed by atoms with van der Waals surface area (Å²) in [5, 5.41) is 4.87. The Labute approximate surface area is 110 Å². The van der Waals surface area contributed by atoms with E-state index in [1.54, 1.807) is 12.3 Å².